The number of nitrogens with zero attached hydrogens (tertiary/aromatic N) is 2. The lowest BCUT2D eigenvalue weighted by Crippen LogP contribution is -2.12. The van der Waals surface area contributed by atoms with Crippen LogP contribution >= 0.6 is 0 Å². The van der Waals surface area contributed by atoms with Gasteiger partial charge in [0.25, 0.3) is 6.43 Å². The summed E-state index contributed by atoms with van der Waals surface area (Å²) in [5.41, 5.74) is -0.984. The average molecular weight is 197 g/mol. The Kier molecular flexibility index (Phi) is 2.44. The van der Waals surface area contributed by atoms with Crippen molar-refractivity contribution in [1.82, 2.24) is 9.97 Å². The lowest BCUT2D eigenvalue weighted by molar-refractivity contribution is -0.145. The van der Waals surface area contributed by atoms with Crippen LogP contribution in [0.4, 0.5) is 22.0 Å². The number of hydrogen-bond donors (Lipinski definition) is 0. The first kappa shape index (κ1) is 9.82. The Morgan fingerprint density at radius 2 is 1.92 bits per heavy atom. The summed E-state index contributed by atoms with van der Waals surface area (Å²) in [4.78, 5) is 5.32. The number of rotatable bonds is 1. The second kappa shape index (κ2) is 3.23. The zero-order valence-electron chi connectivity index (χ0n) is 5.94. The van der Waals surface area contributed by atoms with E-state index in [-0.39, 0.29) is 0 Å². The highest BCUT2D eigenvalue weighted by molar-refractivity contribution is 5.04. The van der Waals surface area contributed by atoms with Gasteiger partial charge in [0, 0.05) is 0 Å². The quantitative estimate of drug-likeness (QED) is 0.645. The Bertz CT molecular complexity index is 295. The Labute approximate surface area is 69.4 Å². The van der Waals surface area contributed by atoms with Gasteiger partial charge in [0.15, 0.2) is 0 Å². The van der Waals surface area contributed by atoms with Crippen molar-refractivity contribution < 1.29 is 22.0 Å². The third-order valence-corrected chi connectivity index (χ3v) is 1.10. The number of halogens is 5. The van der Waals surface area contributed by atoms with Crippen molar-refractivity contribution in [1.29, 1.82) is 0 Å². The van der Waals surface area contributed by atoms with Crippen LogP contribution in [0.3, 0.4) is 0 Å². The first-order valence-electron chi connectivity index (χ1n) is 3.01. The van der Waals surface area contributed by atoms with E-state index in [2.05, 4.69) is 9.97 Å². The van der Waals surface area contributed by atoms with E-state index >= 15 is 0 Å². The van der Waals surface area contributed by atoms with E-state index < -0.39 is 24.1 Å². The summed E-state index contributed by atoms with van der Waals surface area (Å²) in [5, 5.41) is 0. The van der Waals surface area contributed by atoms with E-state index in [1.165, 1.54) is 0 Å². The van der Waals surface area contributed by atoms with Gasteiger partial charge in [0.1, 0.15) is 5.69 Å². The van der Waals surface area contributed by atoms with Gasteiger partial charge in [0.2, 0.25) is 5.82 Å². The molecular weight excluding hydrogens is 195 g/mol. The molecule has 0 bridgehead atoms. The lowest BCUT2D eigenvalue weighted by Gasteiger charge is -2.04. The molecule has 1 aromatic heterocycles. The lowest BCUT2D eigenvalue weighted by atomic mass is 10.4. The van der Waals surface area contributed by atoms with Crippen LogP contribution in [0, 0.1) is 6.20 Å². The van der Waals surface area contributed by atoms with Crippen molar-refractivity contribution in [2.75, 3.05) is 0 Å². The van der Waals surface area contributed by atoms with Crippen molar-refractivity contribution in [3.8, 4) is 0 Å². The Morgan fingerprint density at radius 1 is 1.31 bits per heavy atom. The Hall–Kier alpha value is -1.27. The maximum atomic E-state index is 11.9. The van der Waals surface area contributed by atoms with E-state index in [1.807, 2.05) is 0 Å². The molecule has 0 atom stereocenters. The SMILES string of the molecule is FC(F)c1c[c]nc(C(F)(F)F)n1. The summed E-state index contributed by atoms with van der Waals surface area (Å²) >= 11 is 0. The number of aromatic nitrogens is 2. The van der Waals surface area contributed by atoms with Crippen molar-refractivity contribution in [3.05, 3.63) is 23.8 Å². The van der Waals surface area contributed by atoms with Crippen LogP contribution in [0.25, 0.3) is 0 Å². The fourth-order valence-electron chi connectivity index (χ4n) is 0.578. The molecule has 0 amide bonds. The van der Waals surface area contributed by atoms with E-state index in [4.69, 9.17) is 0 Å². The topological polar surface area (TPSA) is 25.8 Å². The maximum absolute atomic E-state index is 11.9. The van der Waals surface area contributed by atoms with Gasteiger partial charge in [0.05, 0.1) is 6.20 Å². The van der Waals surface area contributed by atoms with Gasteiger partial charge in [-0.1, -0.05) is 0 Å². The van der Waals surface area contributed by atoms with Crippen LogP contribution in [0.15, 0.2) is 6.07 Å². The number of hydrogen-bond acceptors (Lipinski definition) is 2. The Morgan fingerprint density at radius 3 is 2.38 bits per heavy atom. The van der Waals surface area contributed by atoms with Crippen molar-refractivity contribution in [3.63, 3.8) is 0 Å². The van der Waals surface area contributed by atoms with Gasteiger partial charge in [-0.25, -0.2) is 18.7 Å². The first-order chi connectivity index (χ1) is 5.91. The molecule has 0 aliphatic carbocycles. The third-order valence-electron chi connectivity index (χ3n) is 1.10. The Balaban J connectivity index is 3.06. The molecule has 13 heavy (non-hydrogen) atoms. The predicted octanol–water partition coefficient (Wildman–Crippen LogP) is 2.23. The van der Waals surface area contributed by atoms with Gasteiger partial charge >= 0.3 is 6.18 Å². The molecule has 0 fully saturated rings. The standard InChI is InChI=1S/C6H2F5N2/c7-4(8)3-1-2-12-5(13-3)6(9,10)11/h1,4H. The molecule has 0 aliphatic heterocycles. The highest BCUT2D eigenvalue weighted by atomic mass is 19.4. The van der Waals surface area contributed by atoms with Crippen LogP contribution in [-0.2, 0) is 6.18 Å². The number of alkyl halides is 5. The molecule has 0 unspecified atom stereocenters. The normalized spacial score (nSPS) is 12.2. The summed E-state index contributed by atoms with van der Waals surface area (Å²) < 4.78 is 59.2. The second-order valence-electron chi connectivity index (χ2n) is 2.04. The summed E-state index contributed by atoms with van der Waals surface area (Å²) in [7, 11) is 0. The highest BCUT2D eigenvalue weighted by Gasteiger charge is 2.35. The fourth-order valence-corrected chi connectivity index (χ4v) is 0.578. The van der Waals surface area contributed by atoms with Crippen LogP contribution in [0.1, 0.15) is 17.9 Å². The molecule has 71 valence electrons. The molecule has 1 aromatic rings. The predicted molar refractivity (Wildman–Crippen MR) is 30.8 cm³/mol. The molecule has 2 nitrogen and oxygen atoms in total. The zero-order chi connectivity index (χ0) is 10.1. The maximum Gasteiger partial charge on any atom is 0.451 e. The molecular formula is C6H2F5N2. The fraction of sp³-hybridized carbons (Fsp3) is 0.333. The molecule has 7 heteroatoms. The van der Waals surface area contributed by atoms with Crippen LogP contribution in [0.5, 0.6) is 0 Å². The van der Waals surface area contributed by atoms with E-state index in [1.54, 1.807) is 6.20 Å². The smallest absolute Gasteiger partial charge is 0.223 e. The van der Waals surface area contributed by atoms with E-state index in [0.29, 0.717) is 6.07 Å². The summed E-state index contributed by atoms with van der Waals surface area (Å²) in [6, 6.07) is 0.611. The molecule has 0 aromatic carbocycles. The van der Waals surface area contributed by atoms with Crippen LogP contribution < -0.4 is 0 Å². The van der Waals surface area contributed by atoms with Crippen LogP contribution in [0.2, 0.25) is 0 Å². The molecule has 0 saturated heterocycles. The molecule has 1 heterocycles. The first-order valence-corrected chi connectivity index (χ1v) is 3.01. The highest BCUT2D eigenvalue weighted by Crippen LogP contribution is 2.27. The summed E-state index contributed by atoms with van der Waals surface area (Å²) in [5.74, 6) is -1.61. The van der Waals surface area contributed by atoms with E-state index in [0.717, 1.165) is 0 Å². The van der Waals surface area contributed by atoms with Crippen molar-refractivity contribution in [2.24, 2.45) is 0 Å². The zero-order valence-corrected chi connectivity index (χ0v) is 5.94. The largest absolute Gasteiger partial charge is 0.451 e. The van der Waals surface area contributed by atoms with Gasteiger partial charge in [-0.2, -0.15) is 13.2 Å². The average Bonchev–Trinajstić information content (AvgIpc) is 2.03. The minimum absolute atomic E-state index is 0.611. The second-order valence-corrected chi connectivity index (χ2v) is 2.04. The third kappa shape index (κ3) is 2.33. The molecule has 0 aliphatic rings. The minimum Gasteiger partial charge on any atom is -0.223 e. The van der Waals surface area contributed by atoms with E-state index in [9.17, 15) is 22.0 Å². The van der Waals surface area contributed by atoms with Crippen molar-refractivity contribution >= 4 is 0 Å². The van der Waals surface area contributed by atoms with Gasteiger partial charge in [-0.05, 0) is 6.07 Å². The molecule has 0 spiro atoms. The van der Waals surface area contributed by atoms with Gasteiger partial charge in [-0.3, -0.25) is 0 Å². The van der Waals surface area contributed by atoms with Crippen molar-refractivity contribution in [2.45, 2.75) is 12.6 Å². The molecule has 1 rings (SSSR count). The summed E-state index contributed by atoms with van der Waals surface area (Å²) in [6.07, 6.45) is -6.17. The monoisotopic (exact) mass is 197 g/mol. The molecule has 1 radical (unpaired) electrons. The van der Waals surface area contributed by atoms with Gasteiger partial charge < -0.3 is 0 Å². The molecule has 0 N–H and O–H groups in total. The van der Waals surface area contributed by atoms with Crippen LogP contribution in [-0.4, -0.2) is 9.97 Å². The van der Waals surface area contributed by atoms with Gasteiger partial charge in [-0.15, -0.1) is 0 Å². The summed E-state index contributed by atoms with van der Waals surface area (Å²) in [6.45, 7) is 0. The minimum atomic E-state index is -4.82. The molecule has 0 saturated carbocycles.